The van der Waals surface area contributed by atoms with E-state index in [-0.39, 0.29) is 17.6 Å². The van der Waals surface area contributed by atoms with Gasteiger partial charge in [-0.3, -0.25) is 5.32 Å². The Hall–Kier alpha value is -1.71. The predicted octanol–water partition coefficient (Wildman–Crippen LogP) is 5.38. The van der Waals surface area contributed by atoms with Gasteiger partial charge in [-0.25, -0.2) is 4.79 Å². The van der Waals surface area contributed by atoms with Crippen LogP contribution >= 0.6 is 0 Å². The Morgan fingerprint density at radius 1 is 1.21 bits per heavy atom. The molecule has 1 aromatic carbocycles. The van der Waals surface area contributed by atoms with E-state index in [1.54, 1.807) is 7.11 Å². The van der Waals surface area contributed by atoms with Gasteiger partial charge in [-0.2, -0.15) is 0 Å². The van der Waals surface area contributed by atoms with Crippen molar-refractivity contribution in [2.45, 2.75) is 64.4 Å². The fraction of sp³-hybridized carbons (Fsp3) is 0.650. The second kappa shape index (κ2) is 7.45. The Bertz CT molecular complexity index is 564. The molecule has 1 amide bonds. The summed E-state index contributed by atoms with van der Waals surface area (Å²) < 4.78 is 11.0. The first-order valence-electron chi connectivity index (χ1n) is 9.27. The lowest BCUT2D eigenvalue weighted by atomic mass is 9.57. The van der Waals surface area contributed by atoms with Crippen LogP contribution in [0.5, 0.6) is 5.75 Å². The molecule has 132 valence electrons. The molecule has 2 saturated carbocycles. The number of benzene rings is 1. The summed E-state index contributed by atoms with van der Waals surface area (Å²) >= 11 is 0. The maximum atomic E-state index is 12.3. The predicted molar refractivity (Wildman–Crippen MR) is 95.4 cm³/mol. The highest BCUT2D eigenvalue weighted by Crippen LogP contribution is 2.54. The van der Waals surface area contributed by atoms with Crippen molar-refractivity contribution in [3.8, 4) is 5.75 Å². The third-order valence-electron chi connectivity index (χ3n) is 5.98. The van der Waals surface area contributed by atoms with Gasteiger partial charge in [0.25, 0.3) is 0 Å². The van der Waals surface area contributed by atoms with Crippen molar-refractivity contribution in [1.82, 2.24) is 0 Å². The minimum atomic E-state index is -0.362. The van der Waals surface area contributed by atoms with Crippen molar-refractivity contribution in [2.24, 2.45) is 11.3 Å². The van der Waals surface area contributed by atoms with Crippen LogP contribution in [-0.2, 0) is 4.74 Å². The minimum absolute atomic E-state index is 0.0785. The van der Waals surface area contributed by atoms with Gasteiger partial charge in [0.15, 0.2) is 0 Å². The second-order valence-corrected chi connectivity index (χ2v) is 7.35. The number of hydrogen-bond donors (Lipinski definition) is 1. The zero-order valence-corrected chi connectivity index (χ0v) is 14.8. The summed E-state index contributed by atoms with van der Waals surface area (Å²) in [6.45, 7) is 2.27. The van der Waals surface area contributed by atoms with Gasteiger partial charge >= 0.3 is 6.09 Å². The third-order valence-corrected chi connectivity index (χ3v) is 5.98. The second-order valence-electron chi connectivity index (χ2n) is 7.35. The highest BCUT2D eigenvalue weighted by molar-refractivity contribution is 5.86. The number of rotatable bonds is 5. The number of amides is 1. The van der Waals surface area contributed by atoms with Crippen LogP contribution in [0, 0.1) is 11.3 Å². The Kier molecular flexibility index (Phi) is 5.32. The monoisotopic (exact) mass is 331 g/mol. The molecular formula is C20H29NO3. The Labute approximate surface area is 144 Å². The van der Waals surface area contributed by atoms with Gasteiger partial charge in [0.05, 0.1) is 12.8 Å². The van der Waals surface area contributed by atoms with Crippen LogP contribution in [0.1, 0.15) is 58.3 Å². The number of anilines is 1. The van der Waals surface area contributed by atoms with Crippen molar-refractivity contribution in [3.05, 3.63) is 24.3 Å². The molecule has 1 aromatic rings. The average molecular weight is 331 g/mol. The first kappa shape index (κ1) is 17.1. The quantitative estimate of drug-likeness (QED) is 0.787. The number of carbonyl (C=O) groups is 1. The Morgan fingerprint density at radius 2 is 1.92 bits per heavy atom. The lowest BCUT2D eigenvalue weighted by Crippen LogP contribution is -2.50. The van der Waals surface area contributed by atoms with E-state index >= 15 is 0 Å². The van der Waals surface area contributed by atoms with Gasteiger partial charge in [-0.1, -0.05) is 31.9 Å². The standard InChI is InChI=1S/C20H29NO3/c1-3-6-15-9-12-20(13-10-15)14-11-18(20)24-19(22)21-16-7-4-5-8-17(16)23-2/h4-5,7-8,15,18H,3,6,9-14H2,1-2H3,(H,21,22)/t15?,18-,20?/m1/s1. The Morgan fingerprint density at radius 3 is 2.54 bits per heavy atom. The van der Waals surface area contributed by atoms with Gasteiger partial charge in [-0.15, -0.1) is 0 Å². The molecule has 0 aliphatic heterocycles. The maximum Gasteiger partial charge on any atom is 0.412 e. The van der Waals surface area contributed by atoms with E-state index in [2.05, 4.69) is 12.2 Å². The van der Waals surface area contributed by atoms with Crippen molar-refractivity contribution < 1.29 is 14.3 Å². The summed E-state index contributed by atoms with van der Waals surface area (Å²) in [7, 11) is 1.60. The topological polar surface area (TPSA) is 47.6 Å². The van der Waals surface area contributed by atoms with E-state index in [4.69, 9.17) is 9.47 Å². The minimum Gasteiger partial charge on any atom is -0.495 e. The highest BCUT2D eigenvalue weighted by Gasteiger charge is 2.50. The first-order valence-corrected chi connectivity index (χ1v) is 9.27. The molecule has 4 heteroatoms. The maximum absolute atomic E-state index is 12.3. The summed E-state index contributed by atoms with van der Waals surface area (Å²) in [5, 5.41) is 2.83. The molecule has 2 aliphatic carbocycles. The number of methoxy groups -OCH3 is 1. The molecule has 0 radical (unpaired) electrons. The number of ether oxygens (including phenoxy) is 2. The summed E-state index contributed by atoms with van der Waals surface area (Å²) in [6, 6.07) is 7.41. The van der Waals surface area contributed by atoms with Crippen LogP contribution < -0.4 is 10.1 Å². The van der Waals surface area contributed by atoms with E-state index in [9.17, 15) is 4.79 Å². The summed E-state index contributed by atoms with van der Waals surface area (Å²) in [6.07, 6.45) is 9.55. The van der Waals surface area contributed by atoms with Crippen molar-refractivity contribution in [3.63, 3.8) is 0 Å². The molecule has 1 spiro atoms. The van der Waals surface area contributed by atoms with Gasteiger partial charge in [0, 0.05) is 5.41 Å². The fourth-order valence-corrected chi connectivity index (χ4v) is 4.39. The number of para-hydroxylation sites is 2. The zero-order chi connectivity index (χ0) is 17.0. The molecule has 0 aromatic heterocycles. The molecule has 1 atom stereocenters. The normalized spacial score (nSPS) is 28.9. The van der Waals surface area contributed by atoms with E-state index in [0.29, 0.717) is 11.4 Å². The molecule has 4 nitrogen and oxygen atoms in total. The summed E-state index contributed by atoms with van der Waals surface area (Å²) in [5.74, 6) is 1.53. The largest absolute Gasteiger partial charge is 0.495 e. The third kappa shape index (κ3) is 3.52. The zero-order valence-electron chi connectivity index (χ0n) is 14.8. The number of nitrogens with one attached hydrogen (secondary N) is 1. The van der Waals surface area contributed by atoms with Crippen LogP contribution in [0.2, 0.25) is 0 Å². The molecule has 24 heavy (non-hydrogen) atoms. The van der Waals surface area contributed by atoms with Gasteiger partial charge in [0.1, 0.15) is 11.9 Å². The molecule has 1 N–H and O–H groups in total. The van der Waals surface area contributed by atoms with Gasteiger partial charge < -0.3 is 9.47 Å². The van der Waals surface area contributed by atoms with Crippen LogP contribution in [0.15, 0.2) is 24.3 Å². The molecule has 0 bridgehead atoms. The molecule has 0 heterocycles. The lowest BCUT2D eigenvalue weighted by molar-refractivity contribution is -0.0962. The molecule has 2 fully saturated rings. The van der Waals surface area contributed by atoms with Crippen LogP contribution in [-0.4, -0.2) is 19.3 Å². The van der Waals surface area contributed by atoms with Crippen LogP contribution in [0.25, 0.3) is 0 Å². The fourth-order valence-electron chi connectivity index (χ4n) is 4.39. The molecular weight excluding hydrogens is 302 g/mol. The van der Waals surface area contributed by atoms with E-state index in [0.717, 1.165) is 12.3 Å². The smallest absolute Gasteiger partial charge is 0.412 e. The first-order chi connectivity index (χ1) is 11.7. The van der Waals surface area contributed by atoms with E-state index in [1.165, 1.54) is 44.9 Å². The van der Waals surface area contributed by atoms with Crippen molar-refractivity contribution in [1.29, 1.82) is 0 Å². The highest BCUT2D eigenvalue weighted by atomic mass is 16.6. The summed E-state index contributed by atoms with van der Waals surface area (Å²) in [4.78, 5) is 12.3. The SMILES string of the molecule is CCCC1CCC2(CC1)CC[C@H]2OC(=O)Nc1ccccc1OC. The summed E-state index contributed by atoms with van der Waals surface area (Å²) in [5.41, 5.74) is 0.910. The van der Waals surface area contributed by atoms with Crippen molar-refractivity contribution >= 4 is 11.8 Å². The van der Waals surface area contributed by atoms with Crippen molar-refractivity contribution in [2.75, 3.05) is 12.4 Å². The van der Waals surface area contributed by atoms with Gasteiger partial charge in [-0.05, 0) is 56.6 Å². The van der Waals surface area contributed by atoms with E-state index < -0.39 is 0 Å². The van der Waals surface area contributed by atoms with Gasteiger partial charge in [0.2, 0.25) is 0 Å². The molecule has 0 saturated heterocycles. The average Bonchev–Trinajstić information content (AvgIpc) is 2.60. The van der Waals surface area contributed by atoms with Crippen LogP contribution in [0.3, 0.4) is 0 Å². The molecule has 3 rings (SSSR count). The molecule has 2 aliphatic rings. The lowest BCUT2D eigenvalue weighted by Gasteiger charge is -2.52. The molecule has 0 unspecified atom stereocenters. The Balaban J connectivity index is 1.54. The number of hydrogen-bond acceptors (Lipinski definition) is 3. The van der Waals surface area contributed by atoms with Crippen LogP contribution in [0.4, 0.5) is 10.5 Å². The van der Waals surface area contributed by atoms with E-state index in [1.807, 2.05) is 24.3 Å². The number of carbonyl (C=O) groups excluding carboxylic acids is 1.